The first kappa shape index (κ1) is 17.6. The number of hydrogen-bond donors (Lipinski definition) is 2. The smallest absolute Gasteiger partial charge is 0.251 e. The molecule has 0 aromatic heterocycles. The zero-order valence-electron chi connectivity index (χ0n) is 12.5. The van der Waals surface area contributed by atoms with Gasteiger partial charge in [0.15, 0.2) is 0 Å². The van der Waals surface area contributed by atoms with Gasteiger partial charge in [0.2, 0.25) is 10.0 Å². The zero-order valence-corrected chi connectivity index (χ0v) is 13.4. The SMILES string of the molecule is COCCC(C)(C)CNC(=O)c1cccc(S(N)(=O)=O)c1. The van der Waals surface area contributed by atoms with Gasteiger partial charge in [-0.15, -0.1) is 0 Å². The number of carbonyl (C=O) groups is 1. The molecule has 1 amide bonds. The third-order valence-corrected chi connectivity index (χ3v) is 4.05. The molecular weight excluding hydrogens is 292 g/mol. The number of sulfonamides is 1. The van der Waals surface area contributed by atoms with Crippen molar-refractivity contribution in [3.8, 4) is 0 Å². The number of methoxy groups -OCH3 is 1. The second kappa shape index (κ2) is 7.02. The number of hydrogen-bond acceptors (Lipinski definition) is 4. The first-order valence-electron chi connectivity index (χ1n) is 6.56. The van der Waals surface area contributed by atoms with Gasteiger partial charge in [-0.2, -0.15) is 0 Å². The van der Waals surface area contributed by atoms with Crippen molar-refractivity contribution in [2.45, 2.75) is 25.2 Å². The summed E-state index contributed by atoms with van der Waals surface area (Å²) in [6, 6.07) is 5.67. The van der Waals surface area contributed by atoms with E-state index in [1.807, 2.05) is 13.8 Å². The van der Waals surface area contributed by atoms with E-state index < -0.39 is 10.0 Å². The third-order valence-electron chi connectivity index (χ3n) is 3.14. The van der Waals surface area contributed by atoms with Gasteiger partial charge in [-0.1, -0.05) is 19.9 Å². The van der Waals surface area contributed by atoms with E-state index in [0.29, 0.717) is 13.2 Å². The first-order valence-corrected chi connectivity index (χ1v) is 8.10. The van der Waals surface area contributed by atoms with Crippen LogP contribution in [0.25, 0.3) is 0 Å². The molecule has 21 heavy (non-hydrogen) atoms. The van der Waals surface area contributed by atoms with Crippen molar-refractivity contribution in [1.29, 1.82) is 0 Å². The summed E-state index contributed by atoms with van der Waals surface area (Å²) in [6.07, 6.45) is 0.807. The van der Waals surface area contributed by atoms with E-state index in [4.69, 9.17) is 9.88 Å². The molecule has 0 saturated heterocycles. The minimum absolute atomic E-state index is 0.0752. The number of amides is 1. The van der Waals surface area contributed by atoms with E-state index in [-0.39, 0.29) is 21.8 Å². The molecule has 0 spiro atoms. The number of nitrogens with one attached hydrogen (secondary N) is 1. The Morgan fingerprint density at radius 2 is 2.05 bits per heavy atom. The maximum absolute atomic E-state index is 12.1. The molecule has 0 fully saturated rings. The highest BCUT2D eigenvalue weighted by molar-refractivity contribution is 7.89. The van der Waals surface area contributed by atoms with Crippen LogP contribution >= 0.6 is 0 Å². The summed E-state index contributed by atoms with van der Waals surface area (Å²) < 4.78 is 27.6. The van der Waals surface area contributed by atoms with Crippen molar-refractivity contribution in [2.24, 2.45) is 10.6 Å². The highest BCUT2D eigenvalue weighted by atomic mass is 32.2. The average Bonchev–Trinajstić information content (AvgIpc) is 2.42. The van der Waals surface area contributed by atoms with Crippen LogP contribution in [-0.4, -0.2) is 34.6 Å². The van der Waals surface area contributed by atoms with Gasteiger partial charge in [0.1, 0.15) is 0 Å². The van der Waals surface area contributed by atoms with Crippen LogP contribution in [0, 0.1) is 5.41 Å². The minimum Gasteiger partial charge on any atom is -0.385 e. The lowest BCUT2D eigenvalue weighted by atomic mass is 9.89. The largest absolute Gasteiger partial charge is 0.385 e. The summed E-state index contributed by atoms with van der Waals surface area (Å²) in [5.74, 6) is -0.328. The van der Waals surface area contributed by atoms with Gasteiger partial charge in [-0.3, -0.25) is 4.79 Å². The Morgan fingerprint density at radius 1 is 1.38 bits per heavy atom. The van der Waals surface area contributed by atoms with Crippen molar-refractivity contribution < 1.29 is 17.9 Å². The fourth-order valence-electron chi connectivity index (χ4n) is 1.70. The average molecular weight is 314 g/mol. The van der Waals surface area contributed by atoms with Gasteiger partial charge in [-0.25, -0.2) is 13.6 Å². The Hall–Kier alpha value is -1.44. The number of primary sulfonamides is 1. The Labute approximate surface area is 125 Å². The van der Waals surface area contributed by atoms with E-state index in [0.717, 1.165) is 6.42 Å². The van der Waals surface area contributed by atoms with Crippen LogP contribution in [0.4, 0.5) is 0 Å². The number of benzene rings is 1. The van der Waals surface area contributed by atoms with Crippen LogP contribution in [0.2, 0.25) is 0 Å². The predicted molar refractivity (Wildman–Crippen MR) is 80.4 cm³/mol. The molecule has 0 bridgehead atoms. The van der Waals surface area contributed by atoms with Gasteiger partial charge >= 0.3 is 0 Å². The lowest BCUT2D eigenvalue weighted by molar-refractivity contribution is 0.0920. The van der Waals surface area contributed by atoms with E-state index in [1.54, 1.807) is 13.2 Å². The summed E-state index contributed by atoms with van der Waals surface area (Å²) in [7, 11) is -2.18. The number of carbonyl (C=O) groups excluding carboxylic acids is 1. The van der Waals surface area contributed by atoms with Crippen LogP contribution in [-0.2, 0) is 14.8 Å². The van der Waals surface area contributed by atoms with Gasteiger partial charge in [0.05, 0.1) is 4.90 Å². The Morgan fingerprint density at radius 3 is 2.62 bits per heavy atom. The molecule has 0 heterocycles. The third kappa shape index (κ3) is 5.82. The molecule has 7 heteroatoms. The molecule has 0 atom stereocenters. The van der Waals surface area contributed by atoms with Gasteiger partial charge < -0.3 is 10.1 Å². The van der Waals surface area contributed by atoms with Crippen LogP contribution in [0.1, 0.15) is 30.6 Å². The molecule has 6 nitrogen and oxygen atoms in total. The van der Waals surface area contributed by atoms with Gasteiger partial charge in [0, 0.05) is 25.8 Å². The summed E-state index contributed by atoms with van der Waals surface area (Å²) in [5, 5.41) is 7.85. The maximum atomic E-state index is 12.1. The molecule has 0 saturated carbocycles. The lowest BCUT2D eigenvalue weighted by Gasteiger charge is -2.24. The molecule has 0 radical (unpaired) electrons. The monoisotopic (exact) mass is 314 g/mol. The van der Waals surface area contributed by atoms with Crippen LogP contribution in [0.3, 0.4) is 0 Å². The highest BCUT2D eigenvalue weighted by Gasteiger charge is 2.19. The topological polar surface area (TPSA) is 98.5 Å². The second-order valence-electron chi connectivity index (χ2n) is 5.66. The van der Waals surface area contributed by atoms with Gasteiger partial charge in [-0.05, 0) is 30.0 Å². The molecule has 0 aliphatic heterocycles. The molecule has 0 aliphatic carbocycles. The Bertz CT molecular complexity index is 597. The molecule has 1 aromatic rings. The molecule has 0 unspecified atom stereocenters. The molecule has 3 N–H and O–H groups in total. The minimum atomic E-state index is -3.81. The standard InChI is InChI=1S/C14H22N2O4S/c1-14(2,7-8-20-3)10-16-13(17)11-5-4-6-12(9-11)21(15,18)19/h4-6,9H,7-8,10H2,1-3H3,(H,16,17)(H2,15,18,19). The van der Waals surface area contributed by atoms with Crippen LogP contribution < -0.4 is 10.5 Å². The highest BCUT2D eigenvalue weighted by Crippen LogP contribution is 2.19. The molecule has 1 rings (SSSR count). The summed E-state index contributed by atoms with van der Waals surface area (Å²) in [6.45, 7) is 5.12. The molecule has 118 valence electrons. The summed E-state index contributed by atoms with van der Waals surface area (Å²) in [5.41, 5.74) is 0.160. The molecule has 0 aliphatic rings. The normalized spacial score (nSPS) is 12.2. The van der Waals surface area contributed by atoms with Crippen LogP contribution in [0.15, 0.2) is 29.2 Å². The van der Waals surface area contributed by atoms with Crippen molar-refractivity contribution in [1.82, 2.24) is 5.32 Å². The number of ether oxygens (including phenoxy) is 1. The van der Waals surface area contributed by atoms with Crippen LogP contribution in [0.5, 0.6) is 0 Å². The lowest BCUT2D eigenvalue weighted by Crippen LogP contribution is -2.34. The molecule has 1 aromatic carbocycles. The number of nitrogens with two attached hydrogens (primary N) is 1. The summed E-state index contributed by atoms with van der Waals surface area (Å²) in [4.78, 5) is 12.0. The van der Waals surface area contributed by atoms with E-state index in [2.05, 4.69) is 5.32 Å². The van der Waals surface area contributed by atoms with Crippen molar-refractivity contribution in [3.05, 3.63) is 29.8 Å². The molecular formula is C14H22N2O4S. The van der Waals surface area contributed by atoms with Crippen molar-refractivity contribution >= 4 is 15.9 Å². The first-order chi connectivity index (χ1) is 9.65. The fraction of sp³-hybridized carbons (Fsp3) is 0.500. The van der Waals surface area contributed by atoms with E-state index in [1.165, 1.54) is 18.2 Å². The van der Waals surface area contributed by atoms with Crippen molar-refractivity contribution in [3.63, 3.8) is 0 Å². The quantitative estimate of drug-likeness (QED) is 0.788. The Kier molecular flexibility index (Phi) is 5.88. The van der Waals surface area contributed by atoms with E-state index >= 15 is 0 Å². The Balaban J connectivity index is 2.73. The maximum Gasteiger partial charge on any atom is 0.251 e. The predicted octanol–water partition coefficient (Wildman–Crippen LogP) is 1.13. The second-order valence-corrected chi connectivity index (χ2v) is 7.22. The fourth-order valence-corrected chi connectivity index (χ4v) is 2.26. The number of rotatable bonds is 7. The van der Waals surface area contributed by atoms with Gasteiger partial charge in [0.25, 0.3) is 5.91 Å². The summed E-state index contributed by atoms with van der Waals surface area (Å²) >= 11 is 0. The van der Waals surface area contributed by atoms with Crippen molar-refractivity contribution in [2.75, 3.05) is 20.3 Å². The zero-order chi connectivity index (χ0) is 16.1. The van der Waals surface area contributed by atoms with E-state index in [9.17, 15) is 13.2 Å².